The number of carboxylic acid groups (broad SMARTS) is 1. The molecule has 1 atom stereocenters. The number of hydrogen-bond donors (Lipinski definition) is 3. The Labute approximate surface area is 120 Å². The first-order valence-electron chi connectivity index (χ1n) is 5.31. The predicted octanol–water partition coefficient (Wildman–Crippen LogP) is 3.01. The van der Waals surface area contributed by atoms with Gasteiger partial charge in [0.2, 0.25) is 5.54 Å². The molecule has 0 aliphatic carbocycles. The van der Waals surface area contributed by atoms with Crippen molar-refractivity contribution in [3.8, 4) is 0 Å². The molecule has 0 aliphatic heterocycles. The van der Waals surface area contributed by atoms with Crippen molar-refractivity contribution in [1.29, 1.82) is 0 Å². The Hall–Kier alpha value is -2.03. The fourth-order valence-electron chi connectivity index (χ4n) is 1.21. The number of amides is 2. The third kappa shape index (κ3) is 3.75. The maximum Gasteiger partial charge on any atom is 0.422 e. The molecule has 1 rings (SSSR count). The van der Waals surface area contributed by atoms with E-state index in [-0.39, 0.29) is 10.7 Å². The highest BCUT2D eigenvalue weighted by atomic mass is 35.5. The Morgan fingerprint density at radius 2 is 1.86 bits per heavy atom. The first-order valence-corrected chi connectivity index (χ1v) is 5.69. The lowest BCUT2D eigenvalue weighted by molar-refractivity contribution is -0.203. The van der Waals surface area contributed by atoms with Crippen LogP contribution in [0.2, 0.25) is 5.02 Å². The van der Waals surface area contributed by atoms with Crippen LogP contribution in [0.5, 0.6) is 0 Å². The summed E-state index contributed by atoms with van der Waals surface area (Å²) in [6, 6.07) is 1.46. The van der Waals surface area contributed by atoms with Gasteiger partial charge in [0.25, 0.3) is 0 Å². The van der Waals surface area contributed by atoms with E-state index < -0.39 is 29.5 Å². The van der Waals surface area contributed by atoms with Crippen molar-refractivity contribution in [3.05, 3.63) is 29.0 Å². The smallest absolute Gasteiger partial charge is 0.422 e. The summed E-state index contributed by atoms with van der Waals surface area (Å²) in [5, 5.41) is 11.5. The van der Waals surface area contributed by atoms with Crippen LogP contribution in [0.1, 0.15) is 6.92 Å². The zero-order valence-corrected chi connectivity index (χ0v) is 11.1. The van der Waals surface area contributed by atoms with E-state index in [1.165, 1.54) is 5.32 Å². The highest BCUT2D eigenvalue weighted by Gasteiger charge is 2.58. The molecular formula is C11H9ClF4N2O3. The molecule has 2 amide bonds. The number of rotatable bonds is 3. The number of nitrogens with one attached hydrogen (secondary N) is 2. The maximum absolute atomic E-state index is 12.9. The number of benzene rings is 1. The minimum absolute atomic E-state index is 0.103. The molecule has 10 heteroatoms. The second-order valence-corrected chi connectivity index (χ2v) is 4.54. The number of urea groups is 1. The largest absolute Gasteiger partial charge is 0.479 e. The fourth-order valence-corrected chi connectivity index (χ4v) is 1.39. The van der Waals surface area contributed by atoms with Crippen LogP contribution in [-0.4, -0.2) is 28.8 Å². The van der Waals surface area contributed by atoms with E-state index >= 15 is 0 Å². The molecule has 0 saturated heterocycles. The summed E-state index contributed by atoms with van der Waals surface area (Å²) in [6.07, 6.45) is -5.21. The molecule has 5 nitrogen and oxygen atoms in total. The summed E-state index contributed by atoms with van der Waals surface area (Å²) in [5.41, 5.74) is -3.57. The van der Waals surface area contributed by atoms with Crippen molar-refractivity contribution in [1.82, 2.24) is 5.32 Å². The molecule has 116 valence electrons. The minimum Gasteiger partial charge on any atom is -0.479 e. The third-order valence-electron chi connectivity index (χ3n) is 2.54. The number of hydrogen-bond acceptors (Lipinski definition) is 2. The van der Waals surface area contributed by atoms with Crippen LogP contribution in [0.4, 0.5) is 28.0 Å². The molecule has 0 aromatic heterocycles. The second kappa shape index (κ2) is 5.76. The molecular weight excluding hydrogens is 320 g/mol. The van der Waals surface area contributed by atoms with E-state index in [0.717, 1.165) is 18.2 Å². The van der Waals surface area contributed by atoms with Gasteiger partial charge in [0.1, 0.15) is 5.82 Å². The van der Waals surface area contributed by atoms with E-state index in [4.69, 9.17) is 16.7 Å². The molecule has 1 aromatic carbocycles. The molecule has 0 bridgehead atoms. The number of carbonyl (C=O) groups is 2. The number of anilines is 1. The lowest BCUT2D eigenvalue weighted by Crippen LogP contribution is -2.62. The van der Waals surface area contributed by atoms with Gasteiger partial charge in [-0.15, -0.1) is 0 Å². The van der Waals surface area contributed by atoms with Crippen molar-refractivity contribution in [2.24, 2.45) is 0 Å². The Morgan fingerprint density at radius 1 is 1.29 bits per heavy atom. The van der Waals surface area contributed by atoms with Crippen LogP contribution in [0.25, 0.3) is 0 Å². The summed E-state index contributed by atoms with van der Waals surface area (Å²) >= 11 is 5.43. The number of carboxylic acids is 1. The Balaban J connectivity index is 2.89. The SMILES string of the molecule is CC(NC(=O)Nc1ccc(F)c(Cl)c1)(C(=O)O)C(F)(F)F. The molecule has 0 fully saturated rings. The van der Waals surface area contributed by atoms with Gasteiger partial charge < -0.3 is 15.7 Å². The van der Waals surface area contributed by atoms with E-state index in [1.807, 2.05) is 5.32 Å². The number of halogens is 5. The van der Waals surface area contributed by atoms with Crippen molar-refractivity contribution >= 4 is 29.3 Å². The molecule has 0 saturated carbocycles. The summed E-state index contributed by atoms with van der Waals surface area (Å²) in [7, 11) is 0. The van der Waals surface area contributed by atoms with Crippen molar-refractivity contribution < 1.29 is 32.3 Å². The number of alkyl halides is 3. The Kier molecular flexibility index (Phi) is 4.67. The average molecular weight is 329 g/mol. The highest BCUT2D eigenvalue weighted by molar-refractivity contribution is 6.31. The molecule has 0 aliphatic rings. The molecule has 1 unspecified atom stereocenters. The van der Waals surface area contributed by atoms with Gasteiger partial charge in [-0.25, -0.2) is 14.0 Å². The average Bonchev–Trinajstić information content (AvgIpc) is 2.32. The summed E-state index contributed by atoms with van der Waals surface area (Å²) in [4.78, 5) is 22.2. The van der Waals surface area contributed by atoms with Crippen LogP contribution in [-0.2, 0) is 4.79 Å². The van der Waals surface area contributed by atoms with Gasteiger partial charge in [-0.1, -0.05) is 11.6 Å². The van der Waals surface area contributed by atoms with Gasteiger partial charge in [-0.05, 0) is 25.1 Å². The van der Waals surface area contributed by atoms with Gasteiger partial charge in [-0.2, -0.15) is 13.2 Å². The van der Waals surface area contributed by atoms with Gasteiger partial charge in [-0.3, -0.25) is 0 Å². The molecule has 1 aromatic rings. The number of aliphatic carboxylic acids is 1. The Morgan fingerprint density at radius 3 is 2.29 bits per heavy atom. The van der Waals surface area contributed by atoms with Crippen molar-refractivity contribution in [2.75, 3.05) is 5.32 Å². The quantitative estimate of drug-likeness (QED) is 0.746. The van der Waals surface area contributed by atoms with Crippen LogP contribution >= 0.6 is 11.6 Å². The van der Waals surface area contributed by atoms with Gasteiger partial charge in [0.05, 0.1) is 5.02 Å². The summed E-state index contributed by atoms with van der Waals surface area (Å²) < 4.78 is 50.9. The van der Waals surface area contributed by atoms with Gasteiger partial charge in [0.15, 0.2) is 0 Å². The molecule has 0 radical (unpaired) electrons. The molecule has 3 N–H and O–H groups in total. The van der Waals surface area contributed by atoms with E-state index in [1.54, 1.807) is 0 Å². The standard InChI is InChI=1S/C11H9ClF4N2O3/c1-10(8(19)20,11(14,15)16)18-9(21)17-5-2-3-7(13)6(12)4-5/h2-4H,1H3,(H,19,20)(H2,17,18,21). The molecule has 21 heavy (non-hydrogen) atoms. The highest BCUT2D eigenvalue weighted by Crippen LogP contribution is 2.30. The predicted molar refractivity (Wildman–Crippen MR) is 65.7 cm³/mol. The number of carbonyl (C=O) groups excluding carboxylic acids is 1. The van der Waals surface area contributed by atoms with Crippen LogP contribution < -0.4 is 10.6 Å². The molecule has 0 spiro atoms. The molecule has 0 heterocycles. The first kappa shape index (κ1) is 17.0. The zero-order valence-electron chi connectivity index (χ0n) is 10.4. The van der Waals surface area contributed by atoms with Crippen molar-refractivity contribution in [2.45, 2.75) is 18.6 Å². The van der Waals surface area contributed by atoms with Gasteiger partial charge in [0, 0.05) is 5.69 Å². The van der Waals surface area contributed by atoms with E-state index in [2.05, 4.69) is 0 Å². The van der Waals surface area contributed by atoms with Crippen LogP contribution in [0.15, 0.2) is 18.2 Å². The monoisotopic (exact) mass is 328 g/mol. The first-order chi connectivity index (χ1) is 9.47. The van der Waals surface area contributed by atoms with E-state index in [9.17, 15) is 27.2 Å². The van der Waals surface area contributed by atoms with Crippen molar-refractivity contribution in [3.63, 3.8) is 0 Å². The zero-order chi connectivity index (χ0) is 16.4. The second-order valence-electron chi connectivity index (χ2n) is 4.14. The topological polar surface area (TPSA) is 78.4 Å². The normalized spacial score (nSPS) is 14.2. The lowest BCUT2D eigenvalue weighted by Gasteiger charge is -2.28. The van der Waals surface area contributed by atoms with Crippen LogP contribution in [0, 0.1) is 5.82 Å². The minimum atomic E-state index is -5.21. The van der Waals surface area contributed by atoms with Gasteiger partial charge >= 0.3 is 18.2 Å². The summed E-state index contributed by atoms with van der Waals surface area (Å²) in [5.74, 6) is -3.06. The van der Waals surface area contributed by atoms with E-state index in [0.29, 0.717) is 6.92 Å². The Bertz CT molecular complexity index is 579. The fraction of sp³-hybridized carbons (Fsp3) is 0.273. The third-order valence-corrected chi connectivity index (χ3v) is 2.83. The lowest BCUT2D eigenvalue weighted by atomic mass is 10.0. The maximum atomic E-state index is 12.9. The summed E-state index contributed by atoms with van der Waals surface area (Å²) in [6.45, 7) is 0.298. The van der Waals surface area contributed by atoms with Crippen LogP contribution in [0.3, 0.4) is 0 Å².